The summed E-state index contributed by atoms with van der Waals surface area (Å²) in [5.41, 5.74) is -1.24. The topological polar surface area (TPSA) is 204 Å². The van der Waals surface area contributed by atoms with Crippen molar-refractivity contribution in [1.29, 1.82) is 0 Å². The van der Waals surface area contributed by atoms with Gasteiger partial charge in [0.25, 0.3) is 5.91 Å². The number of ether oxygens (including phenoxy) is 2. The van der Waals surface area contributed by atoms with E-state index in [-0.39, 0.29) is 19.4 Å². The average Bonchev–Trinajstić information content (AvgIpc) is 3.80. The van der Waals surface area contributed by atoms with Crippen molar-refractivity contribution in [2.75, 3.05) is 13.7 Å². The zero-order valence-electron chi connectivity index (χ0n) is 32.8. The number of amides is 4. The molecule has 0 bridgehead atoms. The Morgan fingerprint density at radius 2 is 1.75 bits per heavy atom. The largest absolute Gasteiger partial charge is 0.497 e. The first-order valence-electron chi connectivity index (χ1n) is 19.3. The fourth-order valence-electron chi connectivity index (χ4n) is 7.82. The standard InChI is InChI=1S/C39H50N8O8S2/c1-7-24-21-39(24,35(50)45-57(52,53)27-14-15-27)42-32(48)28-20-25(22-46(28)34(49)31(37(2,3)4)41-36(51)55-38(5)16-8-9-17-38)47-43-29(23-10-12-26(54-6)13-11-23)30(44-47)33-40-18-19-56-33/h7,10-13,18-19,24-25,27-28,31H,1,8-9,14-17,20-22H2,2-6H3,(H,41,51)(H,42,48)(H,45,50)/t24-,25-,28+,31+,39+/m1/s1. The van der Waals surface area contributed by atoms with E-state index in [9.17, 15) is 27.6 Å². The van der Waals surface area contributed by atoms with Crippen LogP contribution in [0.1, 0.15) is 85.1 Å². The lowest BCUT2D eigenvalue weighted by Gasteiger charge is -2.36. The maximum atomic E-state index is 14.8. The van der Waals surface area contributed by atoms with Gasteiger partial charge in [0.15, 0.2) is 0 Å². The van der Waals surface area contributed by atoms with Crippen molar-refractivity contribution in [3.8, 4) is 27.7 Å². The van der Waals surface area contributed by atoms with Crippen molar-refractivity contribution in [3.63, 3.8) is 0 Å². The minimum atomic E-state index is -3.92. The first-order valence-corrected chi connectivity index (χ1v) is 21.7. The van der Waals surface area contributed by atoms with Gasteiger partial charge in [0, 0.05) is 36.0 Å². The lowest BCUT2D eigenvalue weighted by Crippen LogP contribution is -2.60. The molecule has 2 aromatic heterocycles. The number of likely N-dealkylation sites (tertiary alicyclic amines) is 1. The molecule has 7 rings (SSSR count). The van der Waals surface area contributed by atoms with Crippen LogP contribution in [-0.4, -0.2) is 99.2 Å². The van der Waals surface area contributed by atoms with Crippen LogP contribution in [0.15, 0.2) is 48.5 Å². The van der Waals surface area contributed by atoms with Gasteiger partial charge in [-0.3, -0.25) is 19.1 Å². The van der Waals surface area contributed by atoms with Crippen LogP contribution in [0.5, 0.6) is 5.75 Å². The second-order valence-electron chi connectivity index (χ2n) is 16.9. The molecule has 4 fully saturated rings. The van der Waals surface area contributed by atoms with E-state index in [1.165, 1.54) is 27.1 Å². The molecule has 3 saturated carbocycles. The quantitative estimate of drug-likeness (QED) is 0.207. The zero-order chi connectivity index (χ0) is 40.9. The molecule has 4 aliphatic rings. The summed E-state index contributed by atoms with van der Waals surface area (Å²) < 4.78 is 39.0. The Labute approximate surface area is 336 Å². The summed E-state index contributed by atoms with van der Waals surface area (Å²) in [5.74, 6) is -1.91. The highest BCUT2D eigenvalue weighted by molar-refractivity contribution is 7.91. The number of alkyl carbamates (subject to hydrolysis) is 1. The van der Waals surface area contributed by atoms with E-state index in [4.69, 9.17) is 19.7 Å². The number of methoxy groups -OCH3 is 1. The first kappa shape index (κ1) is 40.4. The molecule has 1 saturated heterocycles. The number of nitrogens with zero attached hydrogens (tertiary/aromatic N) is 5. The van der Waals surface area contributed by atoms with Crippen LogP contribution < -0.4 is 20.1 Å². The van der Waals surface area contributed by atoms with Crippen LogP contribution in [0.4, 0.5) is 4.79 Å². The lowest BCUT2D eigenvalue weighted by atomic mass is 9.85. The van der Waals surface area contributed by atoms with Gasteiger partial charge in [-0.2, -0.15) is 9.90 Å². The monoisotopic (exact) mass is 822 g/mol. The van der Waals surface area contributed by atoms with Gasteiger partial charge in [0.05, 0.1) is 18.4 Å². The van der Waals surface area contributed by atoms with E-state index < -0.39 is 79.7 Å². The highest BCUT2D eigenvalue weighted by atomic mass is 32.2. The average molecular weight is 823 g/mol. The Kier molecular flexibility index (Phi) is 10.7. The van der Waals surface area contributed by atoms with Crippen molar-refractivity contribution in [2.45, 2.75) is 114 Å². The third-order valence-corrected chi connectivity index (χ3v) is 14.0. The summed E-state index contributed by atoms with van der Waals surface area (Å²) in [6.45, 7) is 11.1. The summed E-state index contributed by atoms with van der Waals surface area (Å²) in [7, 11) is -2.34. The Morgan fingerprint density at radius 1 is 1.07 bits per heavy atom. The van der Waals surface area contributed by atoms with Crippen LogP contribution in [0.25, 0.3) is 22.0 Å². The number of carbonyl (C=O) groups excluding carboxylic acids is 4. The molecule has 0 unspecified atom stereocenters. The molecule has 18 heteroatoms. The van der Waals surface area contributed by atoms with Gasteiger partial charge in [0.1, 0.15) is 45.4 Å². The SMILES string of the molecule is C=C[C@@H]1C[C@@]1(NC(=O)[C@@H]1C[C@@H](n2nc(-c3ccc(OC)cc3)c(-c3nccs3)n2)CN1C(=O)[C@H](NC(=O)OC1(C)CCCC1)C(C)(C)C)C(=O)NS(=O)(=O)C1CC1. The van der Waals surface area contributed by atoms with Gasteiger partial charge in [-0.25, -0.2) is 18.2 Å². The van der Waals surface area contributed by atoms with E-state index in [1.807, 2.05) is 57.3 Å². The molecule has 1 aromatic carbocycles. The number of thiazole rings is 1. The molecule has 3 heterocycles. The third-order valence-electron chi connectivity index (χ3n) is 11.4. The second kappa shape index (κ2) is 15.2. The molecule has 4 amide bonds. The molecule has 16 nitrogen and oxygen atoms in total. The molecule has 0 radical (unpaired) electrons. The molecule has 5 atom stereocenters. The smallest absolute Gasteiger partial charge is 0.408 e. The highest BCUT2D eigenvalue weighted by Crippen LogP contribution is 2.46. The number of hydrogen-bond donors (Lipinski definition) is 3. The highest BCUT2D eigenvalue weighted by Gasteiger charge is 2.62. The lowest BCUT2D eigenvalue weighted by molar-refractivity contribution is -0.143. The molecule has 57 heavy (non-hydrogen) atoms. The minimum absolute atomic E-state index is 0.0217. The summed E-state index contributed by atoms with van der Waals surface area (Å²) in [5, 5.41) is 17.2. The normalized spacial score (nSPS) is 24.6. The number of aromatic nitrogens is 4. The van der Waals surface area contributed by atoms with Crippen LogP contribution in [0, 0.1) is 11.3 Å². The fourth-order valence-corrected chi connectivity index (χ4v) is 9.80. The van der Waals surface area contributed by atoms with Crippen LogP contribution in [0.3, 0.4) is 0 Å². The van der Waals surface area contributed by atoms with Crippen LogP contribution in [0.2, 0.25) is 0 Å². The second-order valence-corrected chi connectivity index (χ2v) is 19.7. The van der Waals surface area contributed by atoms with Crippen molar-refractivity contribution < 1.29 is 37.1 Å². The van der Waals surface area contributed by atoms with Crippen molar-refractivity contribution in [1.82, 2.24) is 40.2 Å². The van der Waals surface area contributed by atoms with Crippen LogP contribution in [-0.2, 0) is 29.1 Å². The van der Waals surface area contributed by atoms with Crippen LogP contribution >= 0.6 is 11.3 Å². The Balaban J connectivity index is 1.22. The van der Waals surface area contributed by atoms with Gasteiger partial charge in [0.2, 0.25) is 21.8 Å². The number of sulfonamides is 1. The number of carbonyl (C=O) groups is 4. The van der Waals surface area contributed by atoms with Crippen molar-refractivity contribution in [3.05, 3.63) is 48.5 Å². The van der Waals surface area contributed by atoms with Gasteiger partial charge < -0.3 is 25.0 Å². The minimum Gasteiger partial charge on any atom is -0.497 e. The van der Waals surface area contributed by atoms with Gasteiger partial charge in [-0.05, 0) is 81.5 Å². The molecule has 3 N–H and O–H groups in total. The van der Waals surface area contributed by atoms with Gasteiger partial charge in [-0.1, -0.05) is 26.8 Å². The summed E-state index contributed by atoms with van der Waals surface area (Å²) in [6.07, 6.45) is 6.83. The molecule has 0 spiro atoms. The maximum absolute atomic E-state index is 14.8. The zero-order valence-corrected chi connectivity index (χ0v) is 34.5. The first-order chi connectivity index (χ1) is 27.0. The number of hydrogen-bond acceptors (Lipinski definition) is 12. The Hall–Kier alpha value is -4.84. The molecule has 306 valence electrons. The molecular formula is C39H50N8O8S2. The van der Waals surface area contributed by atoms with Gasteiger partial charge in [-0.15, -0.1) is 23.0 Å². The van der Waals surface area contributed by atoms with E-state index in [0.717, 1.165) is 18.4 Å². The Bertz CT molecular complexity index is 2140. The molecule has 3 aromatic rings. The van der Waals surface area contributed by atoms with E-state index >= 15 is 0 Å². The summed E-state index contributed by atoms with van der Waals surface area (Å²) in [4.78, 5) is 63.7. The van der Waals surface area contributed by atoms with E-state index in [1.54, 1.807) is 13.3 Å². The van der Waals surface area contributed by atoms with E-state index in [0.29, 0.717) is 47.8 Å². The summed E-state index contributed by atoms with van der Waals surface area (Å²) >= 11 is 1.39. The van der Waals surface area contributed by atoms with Gasteiger partial charge >= 0.3 is 6.09 Å². The van der Waals surface area contributed by atoms with Crippen molar-refractivity contribution in [2.24, 2.45) is 11.3 Å². The summed E-state index contributed by atoms with van der Waals surface area (Å²) in [6, 6.07) is 4.43. The predicted molar refractivity (Wildman–Crippen MR) is 211 cm³/mol. The maximum Gasteiger partial charge on any atom is 0.408 e. The third kappa shape index (κ3) is 8.29. The predicted octanol–water partition coefficient (Wildman–Crippen LogP) is 4.36. The Morgan fingerprint density at radius 3 is 2.33 bits per heavy atom. The number of nitrogens with one attached hydrogen (secondary N) is 3. The fraction of sp³-hybridized carbons (Fsp3) is 0.564. The molecule has 3 aliphatic carbocycles. The number of benzene rings is 1. The van der Waals surface area contributed by atoms with Crippen molar-refractivity contribution >= 4 is 45.2 Å². The molecule has 1 aliphatic heterocycles. The number of rotatable bonds is 13. The molecular weight excluding hydrogens is 773 g/mol. The van der Waals surface area contributed by atoms with E-state index in [2.05, 4.69) is 26.9 Å².